The smallest absolute Gasteiger partial charge is 0.275 e. The molecular formula is C3H6ClN3O2. The van der Waals surface area contributed by atoms with Crippen LogP contribution in [0.2, 0.25) is 0 Å². The second-order valence-corrected chi connectivity index (χ2v) is 1.48. The number of hydrogen-bond donors (Lipinski definition) is 2. The van der Waals surface area contributed by atoms with E-state index in [1.165, 1.54) is 0 Å². The second kappa shape index (κ2) is 2.65. The lowest BCUT2D eigenvalue weighted by Crippen LogP contribution is -2.34. The van der Waals surface area contributed by atoms with E-state index in [0.29, 0.717) is 0 Å². The van der Waals surface area contributed by atoms with E-state index in [4.69, 9.17) is 5.84 Å². The highest BCUT2D eigenvalue weighted by Crippen LogP contribution is 1.87. The molecule has 0 radical (unpaired) electrons. The number of hydrazine groups is 1. The molecule has 0 aromatic rings. The van der Waals surface area contributed by atoms with Crippen molar-refractivity contribution >= 4 is 24.3 Å². The Hall–Kier alpha value is -0.810. The Morgan fingerprint density at radius 2 is 2.11 bits per heavy atom. The van der Waals surface area contributed by atoms with Crippen LogP contribution in [0.3, 0.4) is 0 Å². The molecule has 0 bridgehead atoms. The SMILES string of the molecule is Cl.NN1[13CH2][13C](=O)N[13C]1=O. The van der Waals surface area contributed by atoms with Gasteiger partial charge in [-0.05, 0) is 0 Å². The maximum absolute atomic E-state index is 10.3. The molecule has 0 aromatic carbocycles. The van der Waals surface area contributed by atoms with Crippen LogP contribution in [0.15, 0.2) is 0 Å². The molecule has 3 N–H and O–H groups in total. The highest BCUT2D eigenvalue weighted by atomic mass is 35.5. The number of nitrogens with zero attached hydrogens (tertiary/aromatic N) is 1. The summed E-state index contributed by atoms with van der Waals surface area (Å²) in [7, 11) is 0. The predicted molar refractivity (Wildman–Crippen MR) is 31.7 cm³/mol. The number of nitrogens with two attached hydrogens (primary N) is 1. The van der Waals surface area contributed by atoms with Crippen LogP contribution < -0.4 is 11.2 Å². The van der Waals surface area contributed by atoms with Crippen molar-refractivity contribution in [1.82, 2.24) is 10.3 Å². The number of amides is 3. The summed E-state index contributed by atoms with van der Waals surface area (Å²) >= 11 is 0. The maximum Gasteiger partial charge on any atom is 0.338 e. The molecule has 1 aliphatic heterocycles. The Balaban J connectivity index is 0.000000640. The lowest BCUT2D eigenvalue weighted by molar-refractivity contribution is -0.118. The molecule has 1 saturated heterocycles. The number of halogens is 1. The molecule has 1 heterocycles. The zero-order chi connectivity index (χ0) is 6.15. The van der Waals surface area contributed by atoms with Crippen LogP contribution in [0.4, 0.5) is 4.79 Å². The average molecular weight is 155 g/mol. The van der Waals surface area contributed by atoms with E-state index in [2.05, 4.69) is 0 Å². The van der Waals surface area contributed by atoms with E-state index in [9.17, 15) is 9.59 Å². The van der Waals surface area contributed by atoms with Gasteiger partial charge in [0.1, 0.15) is 6.54 Å². The number of hydrogen-bond acceptors (Lipinski definition) is 3. The van der Waals surface area contributed by atoms with Gasteiger partial charge in [0.2, 0.25) is 5.91 Å². The van der Waals surface area contributed by atoms with Crippen LogP contribution in [-0.4, -0.2) is 23.5 Å². The van der Waals surface area contributed by atoms with Crippen molar-refractivity contribution in [3.8, 4) is 0 Å². The van der Waals surface area contributed by atoms with Gasteiger partial charge >= 0.3 is 6.03 Å². The highest BCUT2D eigenvalue weighted by molar-refractivity contribution is 6.01. The minimum atomic E-state index is -0.532. The number of nitrogens with one attached hydrogen (secondary N) is 1. The molecule has 1 aliphatic rings. The summed E-state index contributed by atoms with van der Waals surface area (Å²) in [5, 5.41) is 2.81. The molecule has 5 nitrogen and oxygen atoms in total. The van der Waals surface area contributed by atoms with Crippen LogP contribution in [0.25, 0.3) is 0 Å². The van der Waals surface area contributed by atoms with Crippen LogP contribution in [0.5, 0.6) is 0 Å². The lowest BCUT2D eigenvalue weighted by atomic mass is 11.5. The lowest BCUT2D eigenvalue weighted by Gasteiger charge is -1.99. The molecule has 6 heteroatoms. The van der Waals surface area contributed by atoms with Crippen molar-refractivity contribution in [2.24, 2.45) is 5.84 Å². The van der Waals surface area contributed by atoms with Crippen molar-refractivity contribution in [3.63, 3.8) is 0 Å². The molecule has 3 amide bonds. The van der Waals surface area contributed by atoms with Gasteiger partial charge in [-0.25, -0.2) is 10.6 Å². The maximum atomic E-state index is 10.3. The Morgan fingerprint density at radius 1 is 1.56 bits per heavy atom. The summed E-state index contributed by atoms with van der Waals surface area (Å²) in [6.07, 6.45) is 0. The largest absolute Gasteiger partial charge is 0.338 e. The van der Waals surface area contributed by atoms with Gasteiger partial charge in [-0.2, -0.15) is 0 Å². The fraction of sp³-hybridized carbons (Fsp3) is 0.333. The van der Waals surface area contributed by atoms with Crippen LogP contribution >= 0.6 is 12.4 Å². The zero-order valence-corrected chi connectivity index (χ0v) is 5.27. The van der Waals surface area contributed by atoms with Crippen molar-refractivity contribution in [2.45, 2.75) is 0 Å². The number of urea groups is 1. The third kappa shape index (κ3) is 1.55. The van der Waals surface area contributed by atoms with Gasteiger partial charge in [-0.15, -0.1) is 12.4 Å². The molecule has 1 rings (SSSR count). The topological polar surface area (TPSA) is 75.4 Å². The van der Waals surface area contributed by atoms with E-state index in [1.54, 1.807) is 0 Å². The summed E-state index contributed by atoms with van der Waals surface area (Å²) in [6, 6.07) is -0.532. The van der Waals surface area contributed by atoms with Gasteiger partial charge in [0.25, 0.3) is 0 Å². The fourth-order valence-electron chi connectivity index (χ4n) is 0.457. The fourth-order valence-corrected chi connectivity index (χ4v) is 0.457. The first-order valence-corrected chi connectivity index (χ1v) is 2.06. The summed E-state index contributed by atoms with van der Waals surface area (Å²) in [5.41, 5.74) is 0. The normalized spacial score (nSPS) is 17.2. The number of carbonyl (C=O) groups is 2. The average Bonchev–Trinajstić information content (AvgIpc) is 1.85. The Labute approximate surface area is 57.6 Å². The third-order valence-electron chi connectivity index (χ3n) is 0.821. The Morgan fingerprint density at radius 3 is 2.22 bits per heavy atom. The minimum Gasteiger partial charge on any atom is -0.275 e. The molecule has 0 saturated carbocycles. The van der Waals surface area contributed by atoms with Gasteiger partial charge in [0.05, 0.1) is 0 Å². The molecule has 0 spiro atoms. The van der Waals surface area contributed by atoms with E-state index in [-0.39, 0.29) is 24.9 Å². The summed E-state index contributed by atoms with van der Waals surface area (Å²) in [4.78, 5) is 20.5. The Kier molecular flexibility index (Phi) is 2.41. The van der Waals surface area contributed by atoms with E-state index in [1.807, 2.05) is 5.32 Å². The first-order valence-electron chi connectivity index (χ1n) is 2.06. The standard InChI is InChI=1S/C3H5N3O2.ClH/c4-6-1-2(7)5-3(6)8;/h1,4H2,(H,5,7,8);1H/i1+1,2+1,3+1;. The van der Waals surface area contributed by atoms with Crippen LogP contribution in [0.1, 0.15) is 0 Å². The van der Waals surface area contributed by atoms with Crippen molar-refractivity contribution in [1.29, 1.82) is 0 Å². The first-order chi connectivity index (χ1) is 3.70. The quantitative estimate of drug-likeness (QED) is 0.200. The molecule has 0 aromatic heterocycles. The molecule has 0 atom stereocenters. The summed E-state index contributed by atoms with van der Waals surface area (Å²) in [5.74, 6) is 4.62. The number of carbonyl (C=O) groups excluding carboxylic acids is 2. The molecule has 52 valence electrons. The molecule has 9 heavy (non-hydrogen) atoms. The monoisotopic (exact) mass is 154 g/mol. The zero-order valence-electron chi connectivity index (χ0n) is 4.46. The minimum absolute atomic E-state index is 0. The van der Waals surface area contributed by atoms with Gasteiger partial charge in [-0.1, -0.05) is 0 Å². The van der Waals surface area contributed by atoms with Gasteiger partial charge in [0.15, 0.2) is 0 Å². The van der Waals surface area contributed by atoms with Crippen molar-refractivity contribution in [2.75, 3.05) is 6.54 Å². The van der Waals surface area contributed by atoms with Crippen LogP contribution in [0, 0.1) is 0 Å². The summed E-state index contributed by atoms with van der Waals surface area (Å²) < 4.78 is 0. The Bertz CT molecular complexity index is 148. The molecular weight excluding hydrogens is 148 g/mol. The van der Waals surface area contributed by atoms with E-state index in [0.717, 1.165) is 5.01 Å². The van der Waals surface area contributed by atoms with Crippen molar-refractivity contribution in [3.05, 3.63) is 0 Å². The second-order valence-electron chi connectivity index (χ2n) is 1.48. The third-order valence-corrected chi connectivity index (χ3v) is 0.821. The van der Waals surface area contributed by atoms with E-state index >= 15 is 0 Å². The summed E-state index contributed by atoms with van der Waals surface area (Å²) in [6.45, 7) is -0.0289. The van der Waals surface area contributed by atoms with Crippen LogP contribution in [-0.2, 0) is 4.79 Å². The number of imide groups is 1. The number of rotatable bonds is 0. The van der Waals surface area contributed by atoms with Gasteiger partial charge < -0.3 is 0 Å². The highest BCUT2D eigenvalue weighted by Gasteiger charge is 2.22. The van der Waals surface area contributed by atoms with E-state index < -0.39 is 6.03 Å². The molecule has 1 fully saturated rings. The van der Waals surface area contributed by atoms with Gasteiger partial charge in [-0.3, -0.25) is 15.1 Å². The van der Waals surface area contributed by atoms with Gasteiger partial charge in [0, 0.05) is 0 Å². The molecule has 0 aliphatic carbocycles. The predicted octanol–water partition coefficient (Wildman–Crippen LogP) is -1.17. The molecule has 0 unspecified atom stereocenters. The first kappa shape index (κ1) is 8.19. The van der Waals surface area contributed by atoms with Crippen molar-refractivity contribution < 1.29 is 9.59 Å².